The summed E-state index contributed by atoms with van der Waals surface area (Å²) >= 11 is 0. The second-order valence-corrected chi connectivity index (χ2v) is 7.26. The second kappa shape index (κ2) is 8.47. The third-order valence-electron chi connectivity index (χ3n) is 5.15. The maximum atomic E-state index is 13.5. The molecule has 3 aromatic rings. The molecule has 1 aliphatic heterocycles. The van der Waals surface area contributed by atoms with Crippen LogP contribution in [0.15, 0.2) is 59.6 Å². The van der Waals surface area contributed by atoms with Crippen molar-refractivity contribution in [3.05, 3.63) is 77.0 Å². The molecule has 1 aliphatic rings. The van der Waals surface area contributed by atoms with E-state index >= 15 is 0 Å². The molecule has 4 rings (SSSR count). The van der Waals surface area contributed by atoms with Crippen molar-refractivity contribution in [1.29, 1.82) is 0 Å². The number of nitrogens with zero attached hydrogens (tertiary/aromatic N) is 3. The molecule has 1 atom stereocenters. The number of benzene rings is 2. The first-order chi connectivity index (χ1) is 14.9. The Hall–Kier alpha value is -3.26. The van der Waals surface area contributed by atoms with E-state index in [0.29, 0.717) is 30.3 Å². The monoisotopic (exact) mass is 425 g/mol. The number of hydrogen-bond acceptors (Lipinski definition) is 5. The number of aromatic nitrogens is 2. The van der Waals surface area contributed by atoms with E-state index in [4.69, 9.17) is 10.7 Å². The lowest BCUT2D eigenvalue weighted by Crippen LogP contribution is -2.15. The molecule has 160 valence electrons. The highest BCUT2D eigenvalue weighted by molar-refractivity contribution is 6.10. The molecule has 0 aliphatic carbocycles. The van der Waals surface area contributed by atoms with E-state index in [2.05, 4.69) is 22.2 Å². The minimum Gasteiger partial charge on any atom is -0.330 e. The van der Waals surface area contributed by atoms with E-state index in [9.17, 15) is 13.2 Å². The van der Waals surface area contributed by atoms with Crippen molar-refractivity contribution >= 4 is 11.7 Å². The quantitative estimate of drug-likeness (QED) is 0.604. The zero-order valence-electron chi connectivity index (χ0n) is 16.9. The number of hydrogen-bond donors (Lipinski definition) is 2. The summed E-state index contributed by atoms with van der Waals surface area (Å²) < 4.78 is 40.6. The summed E-state index contributed by atoms with van der Waals surface area (Å²) in [6.45, 7) is 2.38. The van der Waals surface area contributed by atoms with Crippen molar-refractivity contribution in [3.8, 4) is 11.4 Å². The van der Waals surface area contributed by atoms with Crippen molar-refractivity contribution in [2.45, 2.75) is 32.0 Å². The zero-order chi connectivity index (χ0) is 22.0. The number of aliphatic imine (C=N–C) groups is 1. The predicted molar refractivity (Wildman–Crippen MR) is 115 cm³/mol. The van der Waals surface area contributed by atoms with Gasteiger partial charge in [-0.25, -0.2) is 9.97 Å². The van der Waals surface area contributed by atoms with Crippen molar-refractivity contribution < 1.29 is 13.2 Å². The number of anilines is 1. The molecule has 3 N–H and O–H groups in total. The fourth-order valence-corrected chi connectivity index (χ4v) is 3.71. The molecular formula is C23H22F3N5. The zero-order valence-corrected chi connectivity index (χ0v) is 16.9. The molecule has 0 fully saturated rings. The maximum Gasteiger partial charge on any atom is 0.417 e. The lowest BCUT2D eigenvalue weighted by molar-refractivity contribution is -0.137. The topological polar surface area (TPSA) is 76.2 Å². The molecule has 1 unspecified atom stereocenters. The molecule has 2 aromatic carbocycles. The number of amidine groups is 1. The van der Waals surface area contributed by atoms with E-state index < -0.39 is 11.7 Å². The van der Waals surface area contributed by atoms with Crippen LogP contribution < -0.4 is 11.1 Å². The van der Waals surface area contributed by atoms with E-state index in [-0.39, 0.29) is 17.4 Å². The molecule has 5 nitrogen and oxygen atoms in total. The molecule has 8 heteroatoms. The molecule has 0 spiro atoms. The van der Waals surface area contributed by atoms with Gasteiger partial charge < -0.3 is 11.1 Å². The standard InChI is InChI=1S/C23H22F3N5/c1-2-19-15-7-3-4-8-16(15)21(29-19)30-20-13-14(11-12-27)28-22(31-20)17-9-5-6-10-18(17)23(24,25)26/h3-10,13,19H,2,11-12,27H2,1H3,(H,28,29,30,31). The summed E-state index contributed by atoms with van der Waals surface area (Å²) in [6, 6.07) is 14.9. The van der Waals surface area contributed by atoms with Gasteiger partial charge in [-0.1, -0.05) is 49.4 Å². The number of nitrogens with two attached hydrogens (primary N) is 1. The van der Waals surface area contributed by atoms with Gasteiger partial charge in [0.1, 0.15) is 11.7 Å². The minimum atomic E-state index is -4.51. The van der Waals surface area contributed by atoms with E-state index in [1.807, 2.05) is 24.3 Å². The molecule has 0 saturated heterocycles. The van der Waals surface area contributed by atoms with Crippen LogP contribution >= 0.6 is 0 Å². The predicted octanol–water partition coefficient (Wildman–Crippen LogP) is 4.99. The first kappa shape index (κ1) is 21.0. The van der Waals surface area contributed by atoms with Gasteiger partial charge in [-0.3, -0.25) is 4.99 Å². The number of rotatable bonds is 5. The fraction of sp³-hybridized carbons (Fsp3) is 0.261. The van der Waals surface area contributed by atoms with Gasteiger partial charge >= 0.3 is 6.18 Å². The number of fused-ring (bicyclic) bond motifs is 1. The summed E-state index contributed by atoms with van der Waals surface area (Å²) in [5.41, 5.74) is 7.47. The molecule has 0 bridgehead atoms. The molecule has 2 heterocycles. The molecule has 0 radical (unpaired) electrons. The van der Waals surface area contributed by atoms with Crippen LogP contribution in [0.5, 0.6) is 0 Å². The van der Waals surface area contributed by atoms with Crippen LogP contribution in [-0.2, 0) is 12.6 Å². The fourth-order valence-electron chi connectivity index (χ4n) is 3.71. The number of nitrogens with one attached hydrogen (secondary N) is 1. The molecule has 1 aromatic heterocycles. The van der Waals surface area contributed by atoms with Crippen molar-refractivity contribution in [2.75, 3.05) is 11.9 Å². The van der Waals surface area contributed by atoms with Crippen LogP contribution in [0.4, 0.5) is 19.0 Å². The summed E-state index contributed by atoms with van der Waals surface area (Å²) in [5.74, 6) is 1.03. The van der Waals surface area contributed by atoms with Gasteiger partial charge in [0.25, 0.3) is 0 Å². The summed E-state index contributed by atoms with van der Waals surface area (Å²) in [7, 11) is 0. The van der Waals surface area contributed by atoms with Gasteiger partial charge in [-0.05, 0) is 24.6 Å². The molecule has 31 heavy (non-hydrogen) atoms. The highest BCUT2D eigenvalue weighted by atomic mass is 19.4. The summed E-state index contributed by atoms with van der Waals surface area (Å²) in [4.78, 5) is 13.5. The van der Waals surface area contributed by atoms with Gasteiger partial charge in [0.15, 0.2) is 5.82 Å². The SMILES string of the molecule is CCC1N=C(Nc2cc(CCN)nc(-c3ccccc3C(F)(F)F)n2)c2ccccc21. The Labute approximate surface area is 178 Å². The van der Waals surface area contributed by atoms with Crippen molar-refractivity contribution in [1.82, 2.24) is 9.97 Å². The van der Waals surface area contributed by atoms with Crippen molar-refractivity contribution in [3.63, 3.8) is 0 Å². The lowest BCUT2D eigenvalue weighted by Gasteiger charge is -2.14. The summed E-state index contributed by atoms with van der Waals surface area (Å²) in [6.07, 6.45) is -3.26. The Morgan fingerprint density at radius 3 is 2.42 bits per heavy atom. The third kappa shape index (κ3) is 4.29. The Morgan fingerprint density at radius 2 is 1.71 bits per heavy atom. The minimum absolute atomic E-state index is 0.000276. The van der Waals surface area contributed by atoms with Gasteiger partial charge in [0, 0.05) is 29.3 Å². The molecular weight excluding hydrogens is 403 g/mol. The third-order valence-corrected chi connectivity index (χ3v) is 5.15. The smallest absolute Gasteiger partial charge is 0.330 e. The summed E-state index contributed by atoms with van der Waals surface area (Å²) in [5, 5.41) is 3.21. The average molecular weight is 425 g/mol. The normalized spacial score (nSPS) is 15.5. The molecule has 0 saturated carbocycles. The molecule has 0 amide bonds. The van der Waals surface area contributed by atoms with E-state index in [1.165, 1.54) is 12.1 Å². The largest absolute Gasteiger partial charge is 0.417 e. The van der Waals surface area contributed by atoms with Crippen LogP contribution in [0, 0.1) is 0 Å². The van der Waals surface area contributed by atoms with Crippen LogP contribution in [0.1, 0.15) is 41.8 Å². The highest BCUT2D eigenvalue weighted by Gasteiger charge is 2.34. The maximum absolute atomic E-state index is 13.5. The van der Waals surface area contributed by atoms with Gasteiger partial charge in [0.05, 0.1) is 11.6 Å². The average Bonchev–Trinajstić information content (AvgIpc) is 3.11. The number of alkyl halides is 3. The second-order valence-electron chi connectivity index (χ2n) is 7.26. The van der Waals surface area contributed by atoms with Gasteiger partial charge in [0.2, 0.25) is 0 Å². The van der Waals surface area contributed by atoms with Gasteiger partial charge in [-0.15, -0.1) is 0 Å². The van der Waals surface area contributed by atoms with Crippen LogP contribution in [0.2, 0.25) is 0 Å². The van der Waals surface area contributed by atoms with E-state index in [0.717, 1.165) is 23.6 Å². The van der Waals surface area contributed by atoms with Crippen molar-refractivity contribution in [2.24, 2.45) is 10.7 Å². The van der Waals surface area contributed by atoms with Crippen LogP contribution in [0.3, 0.4) is 0 Å². The van der Waals surface area contributed by atoms with E-state index in [1.54, 1.807) is 12.1 Å². The lowest BCUT2D eigenvalue weighted by atomic mass is 10.0. The Bertz CT molecular complexity index is 1120. The Balaban J connectivity index is 1.77. The Kier molecular flexibility index (Phi) is 5.73. The van der Waals surface area contributed by atoms with Gasteiger partial charge in [-0.2, -0.15) is 13.2 Å². The van der Waals surface area contributed by atoms with Crippen LogP contribution in [0.25, 0.3) is 11.4 Å². The highest BCUT2D eigenvalue weighted by Crippen LogP contribution is 2.36. The first-order valence-electron chi connectivity index (χ1n) is 10.1. The Morgan fingerprint density at radius 1 is 1.00 bits per heavy atom. The van der Waals surface area contributed by atoms with Crippen LogP contribution in [-0.4, -0.2) is 22.3 Å². The number of halogens is 3. The first-order valence-corrected chi connectivity index (χ1v) is 10.1.